The largest absolute Gasteiger partial charge is 0.336 e. The van der Waals surface area contributed by atoms with Crippen LogP contribution in [0, 0.1) is 19.7 Å². The quantitative estimate of drug-likeness (QED) is 0.928. The molecule has 2 aromatic rings. The van der Waals surface area contributed by atoms with Gasteiger partial charge in [0.15, 0.2) is 0 Å². The van der Waals surface area contributed by atoms with Crippen LogP contribution in [0.25, 0.3) is 0 Å². The van der Waals surface area contributed by atoms with Crippen LogP contribution in [0.5, 0.6) is 0 Å². The predicted molar refractivity (Wildman–Crippen MR) is 92.7 cm³/mol. The van der Waals surface area contributed by atoms with Crippen molar-refractivity contribution in [2.75, 3.05) is 6.54 Å². The average molecular weight is 343 g/mol. The lowest BCUT2D eigenvalue weighted by Gasteiger charge is -2.25. The number of H-pyrrole nitrogens is 1. The number of aromatic nitrogens is 2. The number of likely N-dealkylation sites (tertiary alicyclic amines) is 1. The molecule has 0 spiro atoms. The van der Waals surface area contributed by atoms with Crippen LogP contribution in [-0.4, -0.2) is 27.3 Å². The van der Waals surface area contributed by atoms with Gasteiger partial charge in [-0.2, -0.15) is 0 Å². The van der Waals surface area contributed by atoms with Gasteiger partial charge in [-0.3, -0.25) is 9.59 Å². The molecule has 25 heavy (non-hydrogen) atoms. The second-order valence-corrected chi connectivity index (χ2v) is 6.51. The number of aromatic amines is 1. The fraction of sp³-hybridized carbons (Fsp3) is 0.421. The molecule has 0 radical (unpaired) electrons. The molecule has 2 heterocycles. The van der Waals surface area contributed by atoms with Crippen molar-refractivity contribution < 1.29 is 9.18 Å². The van der Waals surface area contributed by atoms with Crippen LogP contribution >= 0.6 is 0 Å². The summed E-state index contributed by atoms with van der Waals surface area (Å²) in [5.74, 6) is 0.320. The molecule has 1 amide bonds. The van der Waals surface area contributed by atoms with E-state index < -0.39 is 0 Å². The minimum absolute atomic E-state index is 0.0105. The highest BCUT2D eigenvalue weighted by Gasteiger charge is 2.29. The molecule has 0 aliphatic carbocycles. The molecule has 0 bridgehead atoms. The van der Waals surface area contributed by atoms with E-state index >= 15 is 0 Å². The van der Waals surface area contributed by atoms with Crippen LogP contribution in [-0.2, 0) is 11.2 Å². The van der Waals surface area contributed by atoms with E-state index in [-0.39, 0.29) is 29.7 Å². The zero-order chi connectivity index (χ0) is 18.0. The summed E-state index contributed by atoms with van der Waals surface area (Å²) >= 11 is 0. The third-order valence-corrected chi connectivity index (χ3v) is 4.76. The Morgan fingerprint density at radius 1 is 1.32 bits per heavy atom. The zero-order valence-corrected chi connectivity index (χ0v) is 14.5. The van der Waals surface area contributed by atoms with Gasteiger partial charge in [0.1, 0.15) is 11.6 Å². The van der Waals surface area contributed by atoms with Gasteiger partial charge < -0.3 is 9.88 Å². The molecule has 1 atom stereocenters. The number of carbonyl (C=O) groups excluding carboxylic acids is 1. The van der Waals surface area contributed by atoms with Crippen LogP contribution in [0.1, 0.15) is 47.9 Å². The first kappa shape index (κ1) is 17.3. The third-order valence-electron chi connectivity index (χ3n) is 4.76. The van der Waals surface area contributed by atoms with Crippen LogP contribution in [0.3, 0.4) is 0 Å². The molecule has 1 N–H and O–H groups in total. The van der Waals surface area contributed by atoms with Gasteiger partial charge in [0, 0.05) is 24.2 Å². The number of hydrogen-bond donors (Lipinski definition) is 1. The van der Waals surface area contributed by atoms with Gasteiger partial charge in [-0.15, -0.1) is 0 Å². The minimum Gasteiger partial charge on any atom is -0.336 e. The lowest BCUT2D eigenvalue weighted by atomic mass is 10.0. The van der Waals surface area contributed by atoms with Crippen molar-refractivity contribution in [1.82, 2.24) is 14.9 Å². The molecule has 1 aliphatic rings. The maximum absolute atomic E-state index is 13.1. The molecule has 0 saturated carbocycles. The number of nitrogens with one attached hydrogen (secondary N) is 1. The third kappa shape index (κ3) is 3.78. The highest BCUT2D eigenvalue weighted by Crippen LogP contribution is 2.32. The number of halogens is 1. The Labute approximate surface area is 145 Å². The van der Waals surface area contributed by atoms with Gasteiger partial charge in [0.2, 0.25) is 5.91 Å². The molecule has 1 aliphatic heterocycles. The molecule has 6 heteroatoms. The molecular weight excluding hydrogens is 321 g/mol. The van der Waals surface area contributed by atoms with Crippen LogP contribution < -0.4 is 5.56 Å². The van der Waals surface area contributed by atoms with E-state index in [4.69, 9.17) is 0 Å². The summed E-state index contributed by atoms with van der Waals surface area (Å²) < 4.78 is 13.1. The first-order chi connectivity index (χ1) is 12.0. The summed E-state index contributed by atoms with van der Waals surface area (Å²) in [5, 5.41) is 0. The van der Waals surface area contributed by atoms with Crippen LogP contribution in [0.2, 0.25) is 0 Å². The van der Waals surface area contributed by atoms with Gasteiger partial charge >= 0.3 is 0 Å². The highest BCUT2D eigenvalue weighted by molar-refractivity contribution is 5.77. The van der Waals surface area contributed by atoms with Crippen molar-refractivity contribution >= 4 is 5.91 Å². The molecule has 1 aromatic carbocycles. The Balaban J connectivity index is 1.70. The van der Waals surface area contributed by atoms with E-state index in [1.807, 2.05) is 4.90 Å². The molecule has 5 nitrogen and oxygen atoms in total. The maximum atomic E-state index is 13.1. The van der Waals surface area contributed by atoms with Crippen molar-refractivity contribution in [3.63, 3.8) is 0 Å². The Hall–Kier alpha value is -2.50. The molecule has 1 saturated heterocycles. The molecule has 132 valence electrons. The van der Waals surface area contributed by atoms with Crippen LogP contribution in [0.4, 0.5) is 4.39 Å². The molecule has 3 rings (SSSR count). The number of carbonyl (C=O) groups is 1. The summed E-state index contributed by atoms with van der Waals surface area (Å²) in [4.78, 5) is 33.5. The van der Waals surface area contributed by atoms with Gasteiger partial charge in [-0.1, -0.05) is 12.1 Å². The van der Waals surface area contributed by atoms with E-state index in [9.17, 15) is 14.0 Å². The SMILES string of the molecule is Cc1nc(C)c(CCC(=O)N2CCCC2c2ccc(F)cc2)c(=O)[nH]1. The second kappa shape index (κ2) is 7.17. The Bertz CT molecular complexity index is 830. The Morgan fingerprint density at radius 3 is 2.72 bits per heavy atom. The number of hydrogen-bond acceptors (Lipinski definition) is 3. The lowest BCUT2D eigenvalue weighted by Crippen LogP contribution is -2.31. The van der Waals surface area contributed by atoms with Crippen molar-refractivity contribution in [3.8, 4) is 0 Å². The van der Waals surface area contributed by atoms with E-state index in [1.54, 1.807) is 26.0 Å². The Kier molecular flexibility index (Phi) is 4.97. The molecular formula is C19H22FN3O2. The maximum Gasteiger partial charge on any atom is 0.254 e. The molecule has 1 aromatic heterocycles. The van der Waals surface area contributed by atoms with E-state index in [0.29, 0.717) is 30.0 Å². The fourth-order valence-electron chi connectivity index (χ4n) is 3.52. The summed E-state index contributed by atoms with van der Waals surface area (Å²) in [6, 6.07) is 6.33. The topological polar surface area (TPSA) is 66.1 Å². The molecule has 1 unspecified atom stereocenters. The smallest absolute Gasteiger partial charge is 0.254 e. The normalized spacial score (nSPS) is 17.1. The minimum atomic E-state index is -0.277. The van der Waals surface area contributed by atoms with Crippen molar-refractivity contribution in [2.45, 2.75) is 45.6 Å². The van der Waals surface area contributed by atoms with Crippen molar-refractivity contribution in [1.29, 1.82) is 0 Å². The van der Waals surface area contributed by atoms with E-state index in [0.717, 1.165) is 18.4 Å². The predicted octanol–water partition coefficient (Wildman–Crippen LogP) is 2.82. The van der Waals surface area contributed by atoms with Gasteiger partial charge in [0.25, 0.3) is 5.56 Å². The van der Waals surface area contributed by atoms with Crippen LogP contribution in [0.15, 0.2) is 29.1 Å². The zero-order valence-electron chi connectivity index (χ0n) is 14.5. The summed E-state index contributed by atoms with van der Waals surface area (Å²) in [6.45, 7) is 4.22. The average Bonchev–Trinajstić information content (AvgIpc) is 3.04. The lowest BCUT2D eigenvalue weighted by molar-refractivity contribution is -0.132. The number of aryl methyl sites for hydroxylation is 2. The van der Waals surface area contributed by atoms with E-state index in [1.165, 1.54) is 12.1 Å². The second-order valence-electron chi connectivity index (χ2n) is 6.51. The summed E-state index contributed by atoms with van der Waals surface area (Å²) in [6.07, 6.45) is 2.45. The van der Waals surface area contributed by atoms with Gasteiger partial charge in [-0.25, -0.2) is 9.37 Å². The summed E-state index contributed by atoms with van der Waals surface area (Å²) in [5.41, 5.74) is 2.02. The number of amides is 1. The first-order valence-corrected chi connectivity index (χ1v) is 8.57. The number of nitrogens with zero attached hydrogens (tertiary/aromatic N) is 2. The monoisotopic (exact) mass is 343 g/mol. The Morgan fingerprint density at radius 2 is 2.04 bits per heavy atom. The van der Waals surface area contributed by atoms with E-state index in [2.05, 4.69) is 9.97 Å². The highest BCUT2D eigenvalue weighted by atomic mass is 19.1. The van der Waals surface area contributed by atoms with Crippen molar-refractivity contribution in [3.05, 3.63) is 63.1 Å². The van der Waals surface area contributed by atoms with Gasteiger partial charge in [0.05, 0.1) is 6.04 Å². The van der Waals surface area contributed by atoms with Crippen molar-refractivity contribution in [2.24, 2.45) is 0 Å². The molecule has 1 fully saturated rings. The number of benzene rings is 1. The summed E-state index contributed by atoms with van der Waals surface area (Å²) in [7, 11) is 0. The standard InChI is InChI=1S/C19H22FN3O2/c1-12-16(19(25)22-13(2)21-12)9-10-18(24)23-11-3-4-17(23)14-5-7-15(20)8-6-14/h5-8,17H,3-4,9-11H2,1-2H3,(H,21,22,25). The number of rotatable bonds is 4. The van der Waals surface area contributed by atoms with Gasteiger partial charge in [-0.05, 0) is 50.8 Å². The fourth-order valence-corrected chi connectivity index (χ4v) is 3.52. The first-order valence-electron chi connectivity index (χ1n) is 8.57.